The molecule has 0 saturated carbocycles. The summed E-state index contributed by atoms with van der Waals surface area (Å²) in [7, 11) is 0. The van der Waals surface area contributed by atoms with E-state index in [0.717, 1.165) is 11.3 Å². The van der Waals surface area contributed by atoms with Gasteiger partial charge in [0.2, 0.25) is 6.79 Å². The second-order valence-corrected chi connectivity index (χ2v) is 4.50. The molecule has 1 aromatic carbocycles. The minimum Gasteiger partial charge on any atom is -0.477 e. The third-order valence-corrected chi connectivity index (χ3v) is 2.98. The minimum atomic E-state index is -1.05. The largest absolute Gasteiger partial charge is 0.477 e. The Morgan fingerprint density at radius 2 is 2.05 bits per heavy atom. The van der Waals surface area contributed by atoms with Crippen LogP contribution in [-0.2, 0) is 18.0 Å². The Morgan fingerprint density at radius 1 is 1.19 bits per heavy atom. The van der Waals surface area contributed by atoms with E-state index in [-0.39, 0.29) is 19.1 Å². The first kappa shape index (κ1) is 13.4. The molecule has 1 N–H and O–H groups in total. The molecule has 2 aromatic rings. The van der Waals surface area contributed by atoms with E-state index in [1.807, 2.05) is 18.2 Å². The van der Waals surface area contributed by atoms with Gasteiger partial charge in [-0.2, -0.15) is 0 Å². The topological polar surface area (TPSA) is 77.9 Å². The maximum atomic E-state index is 10.8. The number of carbonyl (C=O) groups is 1. The van der Waals surface area contributed by atoms with Crippen LogP contribution >= 0.6 is 0 Å². The number of ether oxygens (including phenoxy) is 3. The van der Waals surface area contributed by atoms with E-state index >= 15 is 0 Å². The quantitative estimate of drug-likeness (QED) is 0.908. The Kier molecular flexibility index (Phi) is 3.70. The smallest absolute Gasteiger partial charge is 0.354 e. The fourth-order valence-corrected chi connectivity index (χ4v) is 1.98. The molecule has 3 rings (SSSR count). The van der Waals surface area contributed by atoms with Crippen LogP contribution in [0, 0.1) is 0 Å². The van der Waals surface area contributed by atoms with Crippen molar-refractivity contribution in [3.05, 3.63) is 53.3 Å². The van der Waals surface area contributed by atoms with Gasteiger partial charge in [0.1, 0.15) is 5.69 Å². The summed E-state index contributed by atoms with van der Waals surface area (Å²) in [4.78, 5) is 14.8. The first-order valence-electron chi connectivity index (χ1n) is 6.38. The van der Waals surface area contributed by atoms with Crippen LogP contribution in [-0.4, -0.2) is 22.9 Å². The van der Waals surface area contributed by atoms with Crippen LogP contribution in [0.15, 0.2) is 36.4 Å². The molecule has 1 aliphatic heterocycles. The van der Waals surface area contributed by atoms with Crippen molar-refractivity contribution >= 4 is 5.97 Å². The average molecular weight is 287 g/mol. The third kappa shape index (κ3) is 3.11. The molecule has 2 heterocycles. The van der Waals surface area contributed by atoms with Gasteiger partial charge in [-0.25, -0.2) is 9.78 Å². The molecule has 0 bridgehead atoms. The highest BCUT2D eigenvalue weighted by molar-refractivity contribution is 5.85. The van der Waals surface area contributed by atoms with Gasteiger partial charge in [-0.1, -0.05) is 12.1 Å². The van der Waals surface area contributed by atoms with E-state index < -0.39 is 5.97 Å². The second kappa shape index (κ2) is 5.80. The van der Waals surface area contributed by atoms with Crippen LogP contribution in [0.1, 0.15) is 21.7 Å². The van der Waals surface area contributed by atoms with Crippen molar-refractivity contribution in [3.8, 4) is 11.5 Å². The van der Waals surface area contributed by atoms with Gasteiger partial charge in [0.05, 0.1) is 18.9 Å². The number of nitrogens with zero attached hydrogens (tertiary/aromatic N) is 1. The molecule has 0 saturated heterocycles. The number of fused-ring (bicyclic) bond motifs is 1. The van der Waals surface area contributed by atoms with Crippen molar-refractivity contribution < 1.29 is 24.1 Å². The Bertz CT molecular complexity index is 671. The van der Waals surface area contributed by atoms with Gasteiger partial charge in [0.15, 0.2) is 11.5 Å². The van der Waals surface area contributed by atoms with Crippen molar-refractivity contribution in [2.75, 3.05) is 6.79 Å². The first-order chi connectivity index (χ1) is 10.2. The van der Waals surface area contributed by atoms with Crippen LogP contribution in [0.5, 0.6) is 11.5 Å². The monoisotopic (exact) mass is 287 g/mol. The number of pyridine rings is 1. The highest BCUT2D eigenvalue weighted by Gasteiger charge is 2.13. The van der Waals surface area contributed by atoms with Crippen LogP contribution in [0.2, 0.25) is 0 Å². The zero-order valence-corrected chi connectivity index (χ0v) is 11.1. The Morgan fingerprint density at radius 3 is 2.90 bits per heavy atom. The molecule has 0 atom stereocenters. The van der Waals surface area contributed by atoms with Crippen LogP contribution in [0.3, 0.4) is 0 Å². The van der Waals surface area contributed by atoms with Crippen molar-refractivity contribution in [1.29, 1.82) is 0 Å². The lowest BCUT2D eigenvalue weighted by Gasteiger charge is -2.05. The normalized spacial score (nSPS) is 12.4. The number of carboxylic acid groups (broad SMARTS) is 1. The van der Waals surface area contributed by atoms with E-state index in [0.29, 0.717) is 18.1 Å². The lowest BCUT2D eigenvalue weighted by atomic mass is 10.2. The van der Waals surface area contributed by atoms with Gasteiger partial charge < -0.3 is 19.3 Å². The van der Waals surface area contributed by atoms with Crippen LogP contribution < -0.4 is 9.47 Å². The number of hydrogen-bond acceptors (Lipinski definition) is 5. The van der Waals surface area contributed by atoms with Gasteiger partial charge in [-0.05, 0) is 29.8 Å². The summed E-state index contributed by atoms with van der Waals surface area (Å²) in [5, 5.41) is 8.87. The zero-order chi connectivity index (χ0) is 14.7. The molecule has 1 aromatic heterocycles. The number of benzene rings is 1. The highest BCUT2D eigenvalue weighted by atomic mass is 16.7. The van der Waals surface area contributed by atoms with E-state index in [2.05, 4.69) is 4.98 Å². The Balaban J connectivity index is 1.59. The fraction of sp³-hybridized carbons (Fsp3) is 0.200. The molecule has 6 heteroatoms. The van der Waals surface area contributed by atoms with Crippen LogP contribution in [0.4, 0.5) is 0 Å². The number of hydrogen-bond donors (Lipinski definition) is 1. The average Bonchev–Trinajstić information content (AvgIpc) is 2.95. The van der Waals surface area contributed by atoms with E-state index in [1.165, 1.54) is 6.07 Å². The molecule has 0 fully saturated rings. The fourth-order valence-electron chi connectivity index (χ4n) is 1.98. The van der Waals surface area contributed by atoms with Gasteiger partial charge in [0, 0.05) is 0 Å². The molecular weight excluding hydrogens is 274 g/mol. The van der Waals surface area contributed by atoms with Gasteiger partial charge in [-0.15, -0.1) is 0 Å². The molecule has 108 valence electrons. The van der Waals surface area contributed by atoms with Crippen LogP contribution in [0.25, 0.3) is 0 Å². The molecule has 0 spiro atoms. The lowest BCUT2D eigenvalue weighted by Crippen LogP contribution is -2.03. The summed E-state index contributed by atoms with van der Waals surface area (Å²) in [6.45, 7) is 0.872. The number of rotatable bonds is 5. The predicted octanol–water partition coefficient (Wildman–Crippen LogP) is 2.23. The number of aromatic carboxylic acids is 1. The van der Waals surface area contributed by atoms with Crippen molar-refractivity contribution in [2.45, 2.75) is 13.2 Å². The molecule has 0 unspecified atom stereocenters. The maximum absolute atomic E-state index is 10.8. The summed E-state index contributed by atoms with van der Waals surface area (Å²) < 4.78 is 16.1. The summed E-state index contributed by atoms with van der Waals surface area (Å²) in [5.41, 5.74) is 1.54. The molecule has 1 aliphatic rings. The minimum absolute atomic E-state index is 0.0131. The number of carboxylic acids is 1. The molecule has 0 radical (unpaired) electrons. The van der Waals surface area contributed by atoms with Gasteiger partial charge in [-0.3, -0.25) is 0 Å². The first-order valence-corrected chi connectivity index (χ1v) is 6.38. The Labute approximate surface area is 120 Å². The number of aromatic nitrogens is 1. The third-order valence-electron chi connectivity index (χ3n) is 2.98. The summed E-state index contributed by atoms with van der Waals surface area (Å²) >= 11 is 0. The summed E-state index contributed by atoms with van der Waals surface area (Å²) in [6.07, 6.45) is 0. The zero-order valence-electron chi connectivity index (χ0n) is 11.1. The van der Waals surface area contributed by atoms with Crippen molar-refractivity contribution in [3.63, 3.8) is 0 Å². The van der Waals surface area contributed by atoms with Crippen molar-refractivity contribution in [1.82, 2.24) is 4.98 Å². The van der Waals surface area contributed by atoms with E-state index in [4.69, 9.17) is 19.3 Å². The second-order valence-electron chi connectivity index (χ2n) is 4.50. The van der Waals surface area contributed by atoms with Gasteiger partial charge >= 0.3 is 5.97 Å². The summed E-state index contributed by atoms with van der Waals surface area (Å²) in [6, 6.07) is 10.4. The van der Waals surface area contributed by atoms with E-state index in [1.54, 1.807) is 12.1 Å². The lowest BCUT2D eigenvalue weighted by molar-refractivity contribution is 0.0688. The highest BCUT2D eigenvalue weighted by Crippen LogP contribution is 2.32. The molecule has 0 aliphatic carbocycles. The molecule has 0 amide bonds. The Hall–Kier alpha value is -2.60. The molecular formula is C15H13NO5. The molecule has 21 heavy (non-hydrogen) atoms. The summed E-state index contributed by atoms with van der Waals surface area (Å²) in [5.74, 6) is 0.393. The van der Waals surface area contributed by atoms with Gasteiger partial charge in [0.25, 0.3) is 0 Å². The van der Waals surface area contributed by atoms with E-state index in [9.17, 15) is 4.79 Å². The maximum Gasteiger partial charge on any atom is 0.354 e. The molecule has 6 nitrogen and oxygen atoms in total. The predicted molar refractivity (Wildman–Crippen MR) is 72.3 cm³/mol. The standard InChI is InChI=1S/C15H13NO5/c17-15(18)12-3-1-2-11(16-12)8-19-7-10-4-5-13-14(6-10)21-9-20-13/h1-6H,7-9H2,(H,17,18). The van der Waals surface area contributed by atoms with Crippen molar-refractivity contribution in [2.24, 2.45) is 0 Å². The SMILES string of the molecule is O=C(O)c1cccc(COCc2ccc3c(c2)OCO3)n1.